The number of rotatable bonds is 9. The van der Waals surface area contributed by atoms with Crippen molar-refractivity contribution in [1.82, 2.24) is 4.98 Å². The number of aryl methyl sites for hydroxylation is 1. The highest BCUT2D eigenvalue weighted by Gasteiger charge is 2.16. The van der Waals surface area contributed by atoms with Crippen LogP contribution in [0.25, 0.3) is 11.0 Å². The van der Waals surface area contributed by atoms with Gasteiger partial charge in [0.2, 0.25) is 0 Å². The zero-order valence-electron chi connectivity index (χ0n) is 15.0. The summed E-state index contributed by atoms with van der Waals surface area (Å²) in [6, 6.07) is 15.9. The van der Waals surface area contributed by atoms with Crippen LogP contribution in [0.5, 0.6) is 5.75 Å². The molecular formula is C21H28N3O+. The van der Waals surface area contributed by atoms with E-state index in [9.17, 15) is 5.11 Å². The summed E-state index contributed by atoms with van der Waals surface area (Å²) in [7, 11) is 0. The van der Waals surface area contributed by atoms with Crippen molar-refractivity contribution in [2.45, 2.75) is 52.1 Å². The standard InChI is InChI=1S/C21H27N3O/c1-2-3-4-5-10-15-24-19-13-8-7-12-18(19)23-21(24)22-16-17-11-6-9-14-20(17)25/h6-9,11-14H,2-5,10,15-16H2,1H3,(H2,22,23,25)/p+1. The number of phenols is 1. The van der Waals surface area contributed by atoms with Gasteiger partial charge in [0.05, 0.1) is 13.1 Å². The van der Waals surface area contributed by atoms with E-state index >= 15 is 0 Å². The van der Waals surface area contributed by atoms with Crippen molar-refractivity contribution < 1.29 is 9.67 Å². The molecule has 0 aliphatic carbocycles. The second-order valence-electron chi connectivity index (χ2n) is 6.54. The van der Waals surface area contributed by atoms with Crippen molar-refractivity contribution in [1.29, 1.82) is 0 Å². The van der Waals surface area contributed by atoms with E-state index in [-0.39, 0.29) is 0 Å². The molecule has 0 spiro atoms. The van der Waals surface area contributed by atoms with Crippen LogP contribution in [0.2, 0.25) is 0 Å². The Balaban J connectivity index is 1.74. The first-order valence-electron chi connectivity index (χ1n) is 9.31. The summed E-state index contributed by atoms with van der Waals surface area (Å²) in [6.45, 7) is 3.83. The van der Waals surface area contributed by atoms with Crippen molar-refractivity contribution in [3.05, 3.63) is 54.1 Å². The third kappa shape index (κ3) is 4.32. The molecule has 1 heterocycles. The Bertz CT molecular complexity index is 810. The summed E-state index contributed by atoms with van der Waals surface area (Å²) < 4.78 is 2.32. The number of nitrogens with zero attached hydrogens (tertiary/aromatic N) is 1. The molecule has 0 radical (unpaired) electrons. The second-order valence-corrected chi connectivity index (χ2v) is 6.54. The predicted octanol–water partition coefficient (Wildman–Crippen LogP) is 4.74. The molecule has 4 heteroatoms. The van der Waals surface area contributed by atoms with Gasteiger partial charge in [-0.3, -0.25) is 5.32 Å². The van der Waals surface area contributed by atoms with Crippen LogP contribution in [0.3, 0.4) is 0 Å². The molecule has 2 aromatic carbocycles. The van der Waals surface area contributed by atoms with Crippen LogP contribution in [-0.4, -0.2) is 10.1 Å². The molecule has 1 aromatic heterocycles. The Hall–Kier alpha value is -2.49. The minimum absolute atomic E-state index is 0.331. The summed E-state index contributed by atoms with van der Waals surface area (Å²) >= 11 is 0. The molecule has 3 N–H and O–H groups in total. The van der Waals surface area contributed by atoms with Gasteiger partial charge in [0.1, 0.15) is 16.8 Å². The summed E-state index contributed by atoms with van der Waals surface area (Å²) in [6.07, 6.45) is 6.33. The topological polar surface area (TPSA) is 51.9 Å². The van der Waals surface area contributed by atoms with Crippen LogP contribution in [0, 0.1) is 0 Å². The molecule has 0 saturated carbocycles. The molecule has 4 nitrogen and oxygen atoms in total. The summed E-state index contributed by atoms with van der Waals surface area (Å²) in [5.41, 5.74) is 3.25. The molecule has 0 unspecified atom stereocenters. The lowest BCUT2D eigenvalue weighted by Crippen LogP contribution is -2.36. The van der Waals surface area contributed by atoms with E-state index < -0.39 is 0 Å². The van der Waals surface area contributed by atoms with E-state index in [0.29, 0.717) is 12.3 Å². The molecule has 0 amide bonds. The fourth-order valence-corrected chi connectivity index (χ4v) is 3.21. The number of nitrogens with one attached hydrogen (secondary N) is 2. The zero-order chi connectivity index (χ0) is 17.5. The Morgan fingerprint density at radius 1 is 0.960 bits per heavy atom. The number of hydrogen-bond acceptors (Lipinski definition) is 2. The van der Waals surface area contributed by atoms with E-state index in [1.54, 1.807) is 6.07 Å². The number of aromatic amines is 1. The Labute approximate surface area is 149 Å². The third-order valence-corrected chi connectivity index (χ3v) is 4.64. The highest BCUT2D eigenvalue weighted by Crippen LogP contribution is 2.18. The SMILES string of the molecule is CCCCCCC[n+]1c(NCc2ccccc2O)[nH]c2ccccc21. The Morgan fingerprint density at radius 3 is 2.56 bits per heavy atom. The van der Waals surface area contributed by atoms with Gasteiger partial charge in [-0.25, -0.2) is 9.55 Å². The molecule has 3 aromatic rings. The Kier molecular flexibility index (Phi) is 5.94. The van der Waals surface area contributed by atoms with Gasteiger partial charge in [-0.1, -0.05) is 62.9 Å². The van der Waals surface area contributed by atoms with Gasteiger partial charge in [-0.15, -0.1) is 0 Å². The number of fused-ring (bicyclic) bond motifs is 1. The molecule has 0 bridgehead atoms. The molecule has 132 valence electrons. The molecule has 0 aliphatic rings. The van der Waals surface area contributed by atoms with Crippen molar-refractivity contribution in [2.24, 2.45) is 0 Å². The third-order valence-electron chi connectivity index (χ3n) is 4.64. The lowest BCUT2D eigenvalue weighted by Gasteiger charge is -2.06. The number of imidazole rings is 1. The number of phenolic OH excluding ortho intramolecular Hbond substituents is 1. The van der Waals surface area contributed by atoms with Crippen LogP contribution in [-0.2, 0) is 13.1 Å². The molecule has 0 saturated heterocycles. The first-order chi connectivity index (χ1) is 12.3. The number of benzene rings is 2. The monoisotopic (exact) mass is 338 g/mol. The van der Waals surface area contributed by atoms with Gasteiger partial charge in [-0.05, 0) is 24.6 Å². The lowest BCUT2D eigenvalue weighted by molar-refractivity contribution is -0.657. The average molecular weight is 338 g/mol. The maximum absolute atomic E-state index is 9.96. The maximum Gasteiger partial charge on any atom is 0.356 e. The number of aromatic hydroxyl groups is 1. The van der Waals surface area contributed by atoms with Crippen LogP contribution >= 0.6 is 0 Å². The first kappa shape index (κ1) is 17.3. The van der Waals surface area contributed by atoms with Crippen LogP contribution in [0.15, 0.2) is 48.5 Å². The molecule has 0 atom stereocenters. The van der Waals surface area contributed by atoms with Gasteiger partial charge in [0.25, 0.3) is 0 Å². The van der Waals surface area contributed by atoms with Gasteiger partial charge in [-0.2, -0.15) is 0 Å². The van der Waals surface area contributed by atoms with E-state index in [2.05, 4.69) is 46.1 Å². The highest BCUT2D eigenvalue weighted by atomic mass is 16.3. The average Bonchev–Trinajstić information content (AvgIpc) is 2.99. The number of para-hydroxylation sites is 3. The van der Waals surface area contributed by atoms with E-state index in [0.717, 1.165) is 23.6 Å². The molecule has 25 heavy (non-hydrogen) atoms. The van der Waals surface area contributed by atoms with Crippen molar-refractivity contribution >= 4 is 17.0 Å². The number of unbranched alkanes of at least 4 members (excludes halogenated alkanes) is 4. The van der Waals surface area contributed by atoms with Crippen LogP contribution < -0.4 is 9.88 Å². The Morgan fingerprint density at radius 2 is 1.72 bits per heavy atom. The number of H-pyrrole nitrogens is 1. The zero-order valence-corrected chi connectivity index (χ0v) is 15.0. The first-order valence-corrected chi connectivity index (χ1v) is 9.31. The van der Waals surface area contributed by atoms with E-state index in [1.165, 1.54) is 37.6 Å². The molecule has 0 fully saturated rings. The van der Waals surface area contributed by atoms with Crippen molar-refractivity contribution in [3.63, 3.8) is 0 Å². The summed E-state index contributed by atoms with van der Waals surface area (Å²) in [4.78, 5) is 3.48. The van der Waals surface area contributed by atoms with Crippen LogP contribution in [0.4, 0.5) is 5.95 Å². The van der Waals surface area contributed by atoms with Crippen molar-refractivity contribution in [3.8, 4) is 5.75 Å². The van der Waals surface area contributed by atoms with E-state index in [4.69, 9.17) is 0 Å². The quantitative estimate of drug-likeness (QED) is 0.390. The predicted molar refractivity (Wildman–Crippen MR) is 103 cm³/mol. The minimum atomic E-state index is 0.331. The number of aromatic nitrogens is 2. The normalized spacial score (nSPS) is 11.1. The lowest BCUT2D eigenvalue weighted by atomic mass is 10.1. The minimum Gasteiger partial charge on any atom is -0.508 e. The fraction of sp³-hybridized carbons (Fsp3) is 0.381. The molecule has 0 aliphatic heterocycles. The maximum atomic E-state index is 9.96. The van der Waals surface area contributed by atoms with Crippen LogP contribution in [0.1, 0.15) is 44.6 Å². The van der Waals surface area contributed by atoms with E-state index in [1.807, 2.05) is 18.2 Å². The smallest absolute Gasteiger partial charge is 0.356 e. The number of hydrogen-bond donors (Lipinski definition) is 3. The van der Waals surface area contributed by atoms with Crippen molar-refractivity contribution in [2.75, 3.05) is 5.32 Å². The van der Waals surface area contributed by atoms with Gasteiger partial charge in [0, 0.05) is 5.56 Å². The fourth-order valence-electron chi connectivity index (χ4n) is 3.21. The second kappa shape index (κ2) is 8.56. The van der Waals surface area contributed by atoms with Gasteiger partial charge < -0.3 is 5.11 Å². The number of anilines is 1. The molecular weight excluding hydrogens is 310 g/mol. The summed E-state index contributed by atoms with van der Waals surface area (Å²) in [5.74, 6) is 1.33. The largest absolute Gasteiger partial charge is 0.508 e. The molecule has 3 rings (SSSR count). The van der Waals surface area contributed by atoms with Gasteiger partial charge >= 0.3 is 5.95 Å². The van der Waals surface area contributed by atoms with Gasteiger partial charge in [0.15, 0.2) is 0 Å². The summed E-state index contributed by atoms with van der Waals surface area (Å²) in [5, 5.41) is 13.4. The highest BCUT2D eigenvalue weighted by molar-refractivity contribution is 5.72.